The highest BCUT2D eigenvalue weighted by molar-refractivity contribution is 7.88. The minimum atomic E-state index is -3.21. The van der Waals surface area contributed by atoms with Crippen molar-refractivity contribution in [2.24, 2.45) is 0 Å². The van der Waals surface area contributed by atoms with Crippen LogP contribution >= 0.6 is 11.3 Å². The number of carbonyl (C=O) groups is 2. The molecule has 0 fully saturated rings. The van der Waals surface area contributed by atoms with Crippen molar-refractivity contribution in [2.75, 3.05) is 24.7 Å². The Hall–Kier alpha value is -2.30. The maximum Gasteiger partial charge on any atom is 0.350 e. The summed E-state index contributed by atoms with van der Waals surface area (Å²) in [5.41, 5.74) is 1.83. The van der Waals surface area contributed by atoms with Crippen LogP contribution in [0.25, 0.3) is 0 Å². The number of amides is 1. The average molecular weight is 412 g/mol. The fourth-order valence-electron chi connectivity index (χ4n) is 2.21. The number of thiazole rings is 1. The van der Waals surface area contributed by atoms with E-state index >= 15 is 0 Å². The number of nitrogens with one attached hydrogen (secondary N) is 2. The first-order valence-electron chi connectivity index (χ1n) is 8.19. The van der Waals surface area contributed by atoms with Crippen LogP contribution in [0.4, 0.5) is 5.13 Å². The summed E-state index contributed by atoms with van der Waals surface area (Å²) in [5.74, 6) is -0.806. The standard InChI is InChI=1S/C17H21N3O5S2/c1-4-25-16(22)14-11(2)19-17(26-14)20-15(21)13-7-5-12(6-8-13)9-10-18-27(3,23)24/h5-8,18H,4,9-10H2,1-3H3,(H,19,20,21). The van der Waals surface area contributed by atoms with E-state index in [0.29, 0.717) is 34.2 Å². The number of esters is 1. The molecule has 1 heterocycles. The molecule has 0 unspecified atom stereocenters. The number of hydrogen-bond donors (Lipinski definition) is 2. The van der Waals surface area contributed by atoms with Crippen molar-refractivity contribution in [3.63, 3.8) is 0 Å². The first-order valence-corrected chi connectivity index (χ1v) is 10.9. The van der Waals surface area contributed by atoms with Crippen LogP contribution in [0.15, 0.2) is 24.3 Å². The van der Waals surface area contributed by atoms with Crippen molar-refractivity contribution >= 4 is 38.4 Å². The van der Waals surface area contributed by atoms with Crippen LogP contribution in [0.1, 0.15) is 38.2 Å². The van der Waals surface area contributed by atoms with Crippen molar-refractivity contribution in [1.29, 1.82) is 0 Å². The molecule has 0 aliphatic rings. The predicted octanol–water partition coefficient (Wildman–Crippen LogP) is 1.97. The Morgan fingerprint density at radius 2 is 1.89 bits per heavy atom. The molecule has 1 aromatic heterocycles. The maximum atomic E-state index is 12.3. The average Bonchev–Trinajstić information content (AvgIpc) is 2.95. The molecule has 0 aliphatic heterocycles. The molecule has 2 N–H and O–H groups in total. The molecule has 1 amide bonds. The third-order valence-electron chi connectivity index (χ3n) is 3.47. The molecule has 146 valence electrons. The van der Waals surface area contributed by atoms with Gasteiger partial charge in [-0.05, 0) is 38.0 Å². The second-order valence-electron chi connectivity index (χ2n) is 5.72. The number of benzene rings is 1. The Morgan fingerprint density at radius 1 is 1.22 bits per heavy atom. The molecule has 0 saturated heterocycles. The molecular weight excluding hydrogens is 390 g/mol. The summed E-state index contributed by atoms with van der Waals surface area (Å²) in [6, 6.07) is 6.82. The molecule has 0 radical (unpaired) electrons. The first-order chi connectivity index (χ1) is 12.7. The number of aryl methyl sites for hydroxylation is 1. The van der Waals surface area contributed by atoms with Crippen molar-refractivity contribution in [3.05, 3.63) is 46.0 Å². The second kappa shape index (κ2) is 9.07. The van der Waals surface area contributed by atoms with Gasteiger partial charge in [-0.1, -0.05) is 23.5 Å². The van der Waals surface area contributed by atoms with E-state index in [1.54, 1.807) is 38.1 Å². The summed E-state index contributed by atoms with van der Waals surface area (Å²) in [6.45, 7) is 3.96. The van der Waals surface area contributed by atoms with Gasteiger partial charge in [0.25, 0.3) is 5.91 Å². The summed E-state index contributed by atoms with van der Waals surface area (Å²) < 4.78 is 29.5. The zero-order valence-corrected chi connectivity index (χ0v) is 16.9. The van der Waals surface area contributed by atoms with Crippen LogP contribution in [-0.2, 0) is 21.2 Å². The second-order valence-corrected chi connectivity index (χ2v) is 8.55. The Labute approximate surface area is 162 Å². The van der Waals surface area contributed by atoms with E-state index in [1.165, 1.54) is 0 Å². The van der Waals surface area contributed by atoms with E-state index in [0.717, 1.165) is 23.2 Å². The van der Waals surface area contributed by atoms with Gasteiger partial charge in [0.2, 0.25) is 10.0 Å². The Bertz CT molecular complexity index is 921. The van der Waals surface area contributed by atoms with Gasteiger partial charge in [-0.15, -0.1) is 0 Å². The molecular formula is C17H21N3O5S2. The number of nitrogens with zero attached hydrogens (tertiary/aromatic N) is 1. The largest absolute Gasteiger partial charge is 0.462 e. The lowest BCUT2D eigenvalue weighted by molar-refractivity contribution is 0.0531. The van der Waals surface area contributed by atoms with Gasteiger partial charge < -0.3 is 4.74 Å². The van der Waals surface area contributed by atoms with Crippen LogP contribution in [-0.4, -0.2) is 44.7 Å². The lowest BCUT2D eigenvalue weighted by atomic mass is 10.1. The molecule has 0 saturated carbocycles. The molecule has 2 aromatic rings. The Kier molecular flexibility index (Phi) is 7.05. The van der Waals surface area contributed by atoms with Crippen LogP contribution in [0.5, 0.6) is 0 Å². The lowest BCUT2D eigenvalue weighted by Crippen LogP contribution is -2.24. The van der Waals surface area contributed by atoms with E-state index in [4.69, 9.17) is 4.74 Å². The number of ether oxygens (including phenoxy) is 1. The highest BCUT2D eigenvalue weighted by atomic mass is 32.2. The summed E-state index contributed by atoms with van der Waals surface area (Å²) in [4.78, 5) is 28.7. The van der Waals surface area contributed by atoms with E-state index < -0.39 is 16.0 Å². The van der Waals surface area contributed by atoms with Crippen LogP contribution < -0.4 is 10.0 Å². The third kappa shape index (κ3) is 6.42. The summed E-state index contributed by atoms with van der Waals surface area (Å²) in [5, 5.41) is 2.99. The van der Waals surface area contributed by atoms with Crippen LogP contribution in [0, 0.1) is 6.92 Å². The third-order valence-corrected chi connectivity index (χ3v) is 5.25. The summed E-state index contributed by atoms with van der Waals surface area (Å²) >= 11 is 1.06. The molecule has 0 bridgehead atoms. The van der Waals surface area contributed by atoms with Crippen molar-refractivity contribution in [1.82, 2.24) is 9.71 Å². The van der Waals surface area contributed by atoms with Gasteiger partial charge in [0, 0.05) is 12.1 Å². The molecule has 8 nitrogen and oxygen atoms in total. The molecule has 10 heteroatoms. The monoisotopic (exact) mass is 411 g/mol. The van der Waals surface area contributed by atoms with E-state index in [-0.39, 0.29) is 12.5 Å². The van der Waals surface area contributed by atoms with Gasteiger partial charge in [-0.2, -0.15) is 0 Å². The number of aromatic nitrogens is 1. The van der Waals surface area contributed by atoms with Gasteiger partial charge in [-0.3, -0.25) is 10.1 Å². The molecule has 0 spiro atoms. The minimum absolute atomic E-state index is 0.268. The van der Waals surface area contributed by atoms with Gasteiger partial charge in [0.05, 0.1) is 18.6 Å². The Balaban J connectivity index is 1.98. The number of hydrogen-bond acceptors (Lipinski definition) is 7. The van der Waals surface area contributed by atoms with Crippen molar-refractivity contribution < 1.29 is 22.7 Å². The van der Waals surface area contributed by atoms with Gasteiger partial charge >= 0.3 is 5.97 Å². The molecule has 1 aromatic carbocycles. The van der Waals surface area contributed by atoms with Gasteiger partial charge in [0.1, 0.15) is 4.88 Å². The van der Waals surface area contributed by atoms with Crippen molar-refractivity contribution in [3.8, 4) is 0 Å². The summed E-state index contributed by atoms with van der Waals surface area (Å²) in [6.07, 6.45) is 1.62. The van der Waals surface area contributed by atoms with E-state index in [2.05, 4.69) is 15.0 Å². The zero-order valence-electron chi connectivity index (χ0n) is 15.2. The first kappa shape index (κ1) is 21.0. The molecule has 0 atom stereocenters. The maximum absolute atomic E-state index is 12.3. The fraction of sp³-hybridized carbons (Fsp3) is 0.353. The smallest absolute Gasteiger partial charge is 0.350 e. The zero-order chi connectivity index (χ0) is 20.0. The number of sulfonamides is 1. The van der Waals surface area contributed by atoms with Gasteiger partial charge in [-0.25, -0.2) is 22.9 Å². The molecule has 0 aliphatic carbocycles. The topological polar surface area (TPSA) is 114 Å². The van der Waals surface area contributed by atoms with Gasteiger partial charge in [0.15, 0.2) is 5.13 Å². The molecule has 27 heavy (non-hydrogen) atoms. The van der Waals surface area contributed by atoms with Crippen LogP contribution in [0.3, 0.4) is 0 Å². The normalized spacial score (nSPS) is 11.2. The lowest BCUT2D eigenvalue weighted by Gasteiger charge is -2.05. The number of carbonyl (C=O) groups excluding carboxylic acids is 2. The Morgan fingerprint density at radius 3 is 2.48 bits per heavy atom. The van der Waals surface area contributed by atoms with E-state index in [9.17, 15) is 18.0 Å². The quantitative estimate of drug-likeness (QED) is 0.642. The highest BCUT2D eigenvalue weighted by Crippen LogP contribution is 2.24. The highest BCUT2D eigenvalue weighted by Gasteiger charge is 2.18. The fourth-order valence-corrected chi connectivity index (χ4v) is 3.54. The summed E-state index contributed by atoms with van der Waals surface area (Å²) in [7, 11) is -3.21. The van der Waals surface area contributed by atoms with Crippen LogP contribution in [0.2, 0.25) is 0 Å². The number of rotatable bonds is 8. The minimum Gasteiger partial charge on any atom is -0.462 e. The number of anilines is 1. The van der Waals surface area contributed by atoms with E-state index in [1.807, 2.05) is 0 Å². The molecule has 2 rings (SSSR count). The van der Waals surface area contributed by atoms with Crippen molar-refractivity contribution in [2.45, 2.75) is 20.3 Å². The SMILES string of the molecule is CCOC(=O)c1sc(NC(=O)c2ccc(CCNS(C)(=O)=O)cc2)nc1C. The predicted molar refractivity (Wildman–Crippen MR) is 104 cm³/mol.